The van der Waals surface area contributed by atoms with E-state index in [0.29, 0.717) is 31.9 Å². The molecule has 0 unspecified atom stereocenters. The molecule has 9 heteroatoms. The highest BCUT2D eigenvalue weighted by atomic mass is 79.9. The molecular formula is C23H27BrN4O4. The van der Waals surface area contributed by atoms with Gasteiger partial charge in [-0.25, -0.2) is 0 Å². The van der Waals surface area contributed by atoms with Gasteiger partial charge in [-0.3, -0.25) is 9.59 Å². The van der Waals surface area contributed by atoms with E-state index >= 15 is 0 Å². The lowest BCUT2D eigenvalue weighted by atomic mass is 10.1. The van der Waals surface area contributed by atoms with E-state index in [1.807, 2.05) is 28.8 Å². The zero-order valence-corrected chi connectivity index (χ0v) is 19.6. The first-order chi connectivity index (χ1) is 15.5. The molecule has 0 aliphatic carbocycles. The van der Waals surface area contributed by atoms with Crippen molar-refractivity contribution in [2.45, 2.75) is 31.9 Å². The van der Waals surface area contributed by atoms with Crippen molar-refractivity contribution in [3.05, 3.63) is 40.0 Å². The summed E-state index contributed by atoms with van der Waals surface area (Å²) in [5.74, 6) is -0.555. The minimum atomic E-state index is -0.435. The summed E-state index contributed by atoms with van der Waals surface area (Å²) in [6, 6.07) is 7.69. The summed E-state index contributed by atoms with van der Waals surface area (Å²) >= 11 is 3.47. The quantitative estimate of drug-likeness (QED) is 0.295. The fraction of sp³-hybridized carbons (Fsp3) is 0.435. The van der Waals surface area contributed by atoms with Gasteiger partial charge in [0.2, 0.25) is 5.91 Å². The Balaban J connectivity index is 1.78. The van der Waals surface area contributed by atoms with Crippen molar-refractivity contribution in [2.24, 2.45) is 0 Å². The van der Waals surface area contributed by atoms with Crippen LogP contribution >= 0.6 is 15.9 Å². The molecule has 32 heavy (non-hydrogen) atoms. The maximum absolute atomic E-state index is 12.5. The molecule has 3 rings (SSSR count). The highest BCUT2D eigenvalue weighted by Crippen LogP contribution is 2.27. The topological polar surface area (TPSA) is 105 Å². The van der Waals surface area contributed by atoms with Crippen molar-refractivity contribution in [2.75, 3.05) is 33.4 Å². The number of carbonyl (C=O) groups excluding carboxylic acids is 2. The summed E-state index contributed by atoms with van der Waals surface area (Å²) in [6.07, 6.45) is 5.97. The van der Waals surface area contributed by atoms with Gasteiger partial charge in [0.15, 0.2) is 0 Å². The standard InChI is InChI=1S/C23H27BrN4O4/c1-31-8-3-7-26-22(29)15-28-14-17(20-11-18(24)5-6-21(20)28)10-16(12-25)23(30)27-13-19-4-2-9-32-19/h5-6,10-11,14,19H,2-4,7-9,13,15H2,1H3,(H,26,29)(H,27,30)/b16-10+/t19-/m0/s1. The van der Waals surface area contributed by atoms with E-state index in [4.69, 9.17) is 9.47 Å². The average molecular weight is 503 g/mol. The van der Waals surface area contributed by atoms with E-state index in [9.17, 15) is 14.9 Å². The van der Waals surface area contributed by atoms with E-state index in [-0.39, 0.29) is 24.1 Å². The fourth-order valence-corrected chi connectivity index (χ4v) is 3.97. The van der Waals surface area contributed by atoms with Crippen LogP contribution in [0.25, 0.3) is 17.0 Å². The molecule has 0 bridgehead atoms. The van der Waals surface area contributed by atoms with Crippen LogP contribution in [0.4, 0.5) is 0 Å². The van der Waals surface area contributed by atoms with E-state index in [0.717, 1.165) is 34.6 Å². The highest BCUT2D eigenvalue weighted by molar-refractivity contribution is 9.10. The average Bonchev–Trinajstić information content (AvgIpc) is 3.41. The number of rotatable bonds is 10. The van der Waals surface area contributed by atoms with Crippen LogP contribution in [-0.2, 0) is 25.6 Å². The third-order valence-electron chi connectivity index (χ3n) is 5.21. The van der Waals surface area contributed by atoms with Crippen LogP contribution in [0.1, 0.15) is 24.8 Å². The molecular weight excluding hydrogens is 476 g/mol. The molecule has 2 aromatic rings. The Bertz CT molecular complexity index is 1030. The molecule has 1 saturated heterocycles. The van der Waals surface area contributed by atoms with Crippen LogP contribution in [0.5, 0.6) is 0 Å². The molecule has 1 aliphatic heterocycles. The number of nitrogens with one attached hydrogen (secondary N) is 2. The van der Waals surface area contributed by atoms with Gasteiger partial charge in [0.25, 0.3) is 5.91 Å². The lowest BCUT2D eigenvalue weighted by Gasteiger charge is -2.10. The summed E-state index contributed by atoms with van der Waals surface area (Å²) in [6.45, 7) is 2.34. The van der Waals surface area contributed by atoms with Gasteiger partial charge >= 0.3 is 0 Å². The van der Waals surface area contributed by atoms with Crippen molar-refractivity contribution >= 4 is 44.7 Å². The van der Waals surface area contributed by atoms with Crippen LogP contribution < -0.4 is 10.6 Å². The normalized spacial score (nSPS) is 16.2. The molecule has 2 amide bonds. The number of hydrogen-bond donors (Lipinski definition) is 2. The van der Waals surface area contributed by atoms with Crippen LogP contribution in [-0.4, -0.2) is 55.9 Å². The Labute approximate surface area is 195 Å². The number of nitriles is 1. The number of benzene rings is 1. The molecule has 1 fully saturated rings. The zero-order valence-electron chi connectivity index (χ0n) is 18.0. The maximum Gasteiger partial charge on any atom is 0.262 e. The summed E-state index contributed by atoms with van der Waals surface area (Å²) in [4.78, 5) is 24.9. The largest absolute Gasteiger partial charge is 0.385 e. The Morgan fingerprint density at radius 1 is 1.41 bits per heavy atom. The minimum absolute atomic E-state index is 0.000775. The van der Waals surface area contributed by atoms with Crippen LogP contribution in [0.3, 0.4) is 0 Å². The Hall–Kier alpha value is -2.67. The molecule has 0 saturated carbocycles. The van der Waals surface area contributed by atoms with Gasteiger partial charge in [0.05, 0.1) is 6.10 Å². The van der Waals surface area contributed by atoms with Crippen molar-refractivity contribution in [1.29, 1.82) is 5.26 Å². The minimum Gasteiger partial charge on any atom is -0.385 e. The smallest absolute Gasteiger partial charge is 0.262 e. The number of ether oxygens (including phenoxy) is 2. The van der Waals surface area contributed by atoms with E-state index in [1.165, 1.54) is 0 Å². The Morgan fingerprint density at radius 2 is 2.25 bits per heavy atom. The molecule has 8 nitrogen and oxygen atoms in total. The Morgan fingerprint density at radius 3 is 2.97 bits per heavy atom. The second kappa shape index (κ2) is 11.8. The van der Waals surface area contributed by atoms with Gasteiger partial charge in [0.1, 0.15) is 18.2 Å². The lowest BCUT2D eigenvalue weighted by Crippen LogP contribution is -2.32. The van der Waals surface area contributed by atoms with Crippen molar-refractivity contribution in [1.82, 2.24) is 15.2 Å². The molecule has 1 atom stereocenters. The molecule has 2 N–H and O–H groups in total. The number of fused-ring (bicyclic) bond motifs is 1. The fourth-order valence-electron chi connectivity index (χ4n) is 3.61. The number of methoxy groups -OCH3 is 1. The summed E-state index contributed by atoms with van der Waals surface area (Å²) in [5.41, 5.74) is 1.53. The number of amides is 2. The summed E-state index contributed by atoms with van der Waals surface area (Å²) < 4.78 is 13.2. The highest BCUT2D eigenvalue weighted by Gasteiger charge is 2.18. The molecule has 0 spiro atoms. The van der Waals surface area contributed by atoms with Gasteiger partial charge < -0.3 is 24.7 Å². The Kier molecular flexibility index (Phi) is 8.85. The third-order valence-corrected chi connectivity index (χ3v) is 5.71. The number of aromatic nitrogens is 1. The number of halogens is 1. The third kappa shape index (κ3) is 6.42. The van der Waals surface area contributed by atoms with Crippen molar-refractivity contribution in [3.8, 4) is 6.07 Å². The van der Waals surface area contributed by atoms with Gasteiger partial charge in [-0.1, -0.05) is 15.9 Å². The van der Waals surface area contributed by atoms with Crippen molar-refractivity contribution in [3.63, 3.8) is 0 Å². The molecule has 0 radical (unpaired) electrons. The number of hydrogen-bond acceptors (Lipinski definition) is 5. The molecule has 2 heterocycles. The predicted molar refractivity (Wildman–Crippen MR) is 125 cm³/mol. The van der Waals surface area contributed by atoms with Crippen LogP contribution in [0, 0.1) is 11.3 Å². The molecule has 170 valence electrons. The first-order valence-electron chi connectivity index (χ1n) is 10.6. The SMILES string of the molecule is COCCCNC(=O)Cn1cc(/C=C(\C#N)C(=O)NC[C@@H]2CCCO2)c2cc(Br)ccc21. The summed E-state index contributed by atoms with van der Waals surface area (Å²) in [5, 5.41) is 16.1. The second-order valence-electron chi connectivity index (χ2n) is 7.58. The van der Waals surface area contributed by atoms with Crippen molar-refractivity contribution < 1.29 is 19.1 Å². The molecule has 1 aliphatic rings. The van der Waals surface area contributed by atoms with Gasteiger partial charge in [-0.05, 0) is 43.5 Å². The van der Waals surface area contributed by atoms with E-state index in [1.54, 1.807) is 19.4 Å². The van der Waals surface area contributed by atoms with Gasteiger partial charge in [-0.15, -0.1) is 0 Å². The zero-order chi connectivity index (χ0) is 22.9. The van der Waals surface area contributed by atoms with Gasteiger partial charge in [-0.2, -0.15) is 5.26 Å². The predicted octanol–water partition coefficient (Wildman–Crippen LogP) is 2.76. The number of nitrogens with zero attached hydrogens (tertiary/aromatic N) is 2. The second-order valence-corrected chi connectivity index (χ2v) is 8.50. The number of carbonyl (C=O) groups is 2. The first kappa shape index (κ1) is 24.0. The van der Waals surface area contributed by atoms with Crippen LogP contribution in [0.15, 0.2) is 34.4 Å². The monoisotopic (exact) mass is 502 g/mol. The first-order valence-corrected chi connectivity index (χ1v) is 11.4. The maximum atomic E-state index is 12.5. The van der Waals surface area contributed by atoms with Gasteiger partial charge in [0, 0.05) is 60.5 Å². The molecule has 1 aromatic carbocycles. The molecule has 1 aromatic heterocycles. The van der Waals surface area contributed by atoms with Crippen LogP contribution in [0.2, 0.25) is 0 Å². The summed E-state index contributed by atoms with van der Waals surface area (Å²) in [7, 11) is 1.62. The van der Waals surface area contributed by atoms with E-state index in [2.05, 4.69) is 26.6 Å². The lowest BCUT2D eigenvalue weighted by molar-refractivity contribution is -0.121. The van der Waals surface area contributed by atoms with E-state index < -0.39 is 5.91 Å².